The van der Waals surface area contributed by atoms with E-state index in [0.29, 0.717) is 56.1 Å². The van der Waals surface area contributed by atoms with Crippen molar-refractivity contribution in [1.29, 1.82) is 0 Å². The topological polar surface area (TPSA) is 98.6 Å². The van der Waals surface area contributed by atoms with Crippen molar-refractivity contribution in [3.05, 3.63) is 76.5 Å². The highest BCUT2D eigenvalue weighted by Crippen LogP contribution is 2.46. The van der Waals surface area contributed by atoms with E-state index in [1.54, 1.807) is 22.3 Å². The number of hydrogen-bond acceptors (Lipinski definition) is 7. The van der Waals surface area contributed by atoms with Crippen LogP contribution in [0.5, 0.6) is 5.75 Å². The van der Waals surface area contributed by atoms with Gasteiger partial charge in [0, 0.05) is 45.9 Å². The number of pyridine rings is 1. The minimum Gasteiger partial charge on any atom is -0.490 e. The van der Waals surface area contributed by atoms with E-state index >= 15 is 0 Å². The molecule has 0 spiro atoms. The standard InChI is InChI=1S/C37H40FN5O4S/c1-22(2)46-31-18-26(38)9-10-28(31)32-34(30-19-27-20-42(14-15-43(27)41-30)36(45)47-37(4,5)6)40-33(29-12-16-48-35(29)32)25-8-7-23(3)24(17-25)11-13-39-21-44/h7-10,12,16-19,21-22H,11,13-15,20H2,1-6H3,(H,39,44). The van der Waals surface area contributed by atoms with E-state index in [1.807, 2.05) is 50.7 Å². The van der Waals surface area contributed by atoms with Gasteiger partial charge in [-0.3, -0.25) is 9.48 Å². The number of hydrogen-bond donors (Lipinski definition) is 1. The van der Waals surface area contributed by atoms with E-state index < -0.39 is 5.60 Å². The summed E-state index contributed by atoms with van der Waals surface area (Å²) in [6.07, 6.45) is 0.852. The van der Waals surface area contributed by atoms with E-state index in [0.717, 1.165) is 49.3 Å². The minimum absolute atomic E-state index is 0.182. The van der Waals surface area contributed by atoms with Gasteiger partial charge in [-0.2, -0.15) is 5.10 Å². The maximum absolute atomic E-state index is 14.6. The van der Waals surface area contributed by atoms with E-state index in [-0.39, 0.29) is 18.0 Å². The fourth-order valence-electron chi connectivity index (χ4n) is 5.95. The molecule has 0 bridgehead atoms. The predicted octanol–water partition coefficient (Wildman–Crippen LogP) is 7.77. The normalized spacial score (nSPS) is 13.1. The second kappa shape index (κ2) is 13.4. The Labute approximate surface area is 283 Å². The number of benzene rings is 2. The van der Waals surface area contributed by atoms with Crippen LogP contribution in [0.1, 0.15) is 51.4 Å². The summed E-state index contributed by atoms with van der Waals surface area (Å²) >= 11 is 1.58. The van der Waals surface area contributed by atoms with Crippen LogP contribution < -0.4 is 10.1 Å². The molecule has 0 aliphatic carbocycles. The van der Waals surface area contributed by atoms with Crippen molar-refractivity contribution in [3.63, 3.8) is 0 Å². The van der Waals surface area contributed by atoms with Crippen LogP contribution in [0.15, 0.2) is 53.9 Å². The van der Waals surface area contributed by atoms with Gasteiger partial charge < -0.3 is 19.7 Å². The lowest BCUT2D eigenvalue weighted by molar-refractivity contribution is -0.109. The molecule has 1 aliphatic heterocycles. The maximum atomic E-state index is 14.6. The number of ether oxygens (including phenoxy) is 2. The fourth-order valence-corrected chi connectivity index (χ4v) is 6.91. The van der Waals surface area contributed by atoms with Gasteiger partial charge in [-0.15, -0.1) is 11.3 Å². The van der Waals surface area contributed by atoms with Crippen LogP contribution >= 0.6 is 11.3 Å². The van der Waals surface area contributed by atoms with Crippen LogP contribution in [0.25, 0.3) is 43.9 Å². The molecule has 5 aromatic rings. The molecule has 1 aliphatic rings. The molecule has 0 unspecified atom stereocenters. The number of amides is 2. The summed E-state index contributed by atoms with van der Waals surface area (Å²) in [6, 6.07) is 14.9. The molecular weight excluding hydrogens is 630 g/mol. The Morgan fingerprint density at radius 3 is 2.67 bits per heavy atom. The summed E-state index contributed by atoms with van der Waals surface area (Å²) in [5.74, 6) is 0.0368. The number of rotatable bonds is 9. The van der Waals surface area contributed by atoms with Gasteiger partial charge >= 0.3 is 6.09 Å². The SMILES string of the molecule is Cc1ccc(-c2nc(-c3cc4n(n3)CCN(C(=O)OC(C)(C)C)C4)c(-c3ccc(F)cc3OC(C)C)c3sccc23)cc1CCNC=O. The van der Waals surface area contributed by atoms with E-state index in [1.165, 1.54) is 12.1 Å². The Bertz CT molecular complexity index is 1990. The van der Waals surface area contributed by atoms with Crippen LogP contribution in [-0.2, 0) is 29.0 Å². The average molecular weight is 670 g/mol. The van der Waals surface area contributed by atoms with Crippen LogP contribution in [0, 0.1) is 12.7 Å². The highest BCUT2D eigenvalue weighted by atomic mass is 32.1. The molecule has 0 radical (unpaired) electrons. The van der Waals surface area contributed by atoms with Crippen LogP contribution in [-0.4, -0.2) is 57.0 Å². The molecule has 0 saturated carbocycles. The molecule has 0 saturated heterocycles. The van der Waals surface area contributed by atoms with E-state index in [9.17, 15) is 14.0 Å². The lowest BCUT2D eigenvalue weighted by atomic mass is 9.95. The van der Waals surface area contributed by atoms with Crippen molar-refractivity contribution in [2.45, 2.75) is 72.8 Å². The second-order valence-corrected chi connectivity index (χ2v) is 14.2. The number of halogens is 1. The zero-order valence-electron chi connectivity index (χ0n) is 28.1. The molecule has 250 valence electrons. The van der Waals surface area contributed by atoms with E-state index in [2.05, 4.69) is 36.5 Å². The molecule has 3 aromatic heterocycles. The molecule has 0 fully saturated rings. The molecule has 11 heteroatoms. The first-order chi connectivity index (χ1) is 22.9. The average Bonchev–Trinajstić information content (AvgIpc) is 3.68. The quantitative estimate of drug-likeness (QED) is 0.127. The number of fused-ring (bicyclic) bond motifs is 2. The number of thiophene rings is 1. The smallest absolute Gasteiger partial charge is 0.410 e. The van der Waals surface area contributed by atoms with Gasteiger partial charge in [-0.05, 0) is 94.8 Å². The molecule has 2 aromatic carbocycles. The Hall–Kier alpha value is -4.77. The molecule has 6 rings (SSSR count). The lowest BCUT2D eigenvalue weighted by Gasteiger charge is -2.30. The summed E-state index contributed by atoms with van der Waals surface area (Å²) in [6.45, 7) is 13.3. The highest BCUT2D eigenvalue weighted by molar-refractivity contribution is 7.18. The van der Waals surface area contributed by atoms with Gasteiger partial charge in [0.15, 0.2) is 0 Å². The predicted molar refractivity (Wildman–Crippen MR) is 187 cm³/mol. The van der Waals surface area contributed by atoms with Crippen LogP contribution in [0.2, 0.25) is 0 Å². The number of carbonyl (C=O) groups excluding carboxylic acids is 2. The van der Waals surface area contributed by atoms with Gasteiger partial charge in [0.2, 0.25) is 6.41 Å². The number of carbonyl (C=O) groups is 2. The van der Waals surface area contributed by atoms with Gasteiger partial charge in [0.25, 0.3) is 0 Å². The molecule has 0 atom stereocenters. The van der Waals surface area contributed by atoms with Crippen molar-refractivity contribution in [2.75, 3.05) is 13.1 Å². The number of aryl methyl sites for hydroxylation is 1. The first-order valence-electron chi connectivity index (χ1n) is 16.1. The third kappa shape index (κ3) is 6.92. The number of nitrogens with zero attached hydrogens (tertiary/aromatic N) is 4. The van der Waals surface area contributed by atoms with Gasteiger partial charge in [0.05, 0.1) is 30.6 Å². The fraction of sp³-hybridized carbons (Fsp3) is 0.351. The molecular formula is C37H40FN5O4S. The summed E-state index contributed by atoms with van der Waals surface area (Å²) in [7, 11) is 0. The monoisotopic (exact) mass is 669 g/mol. The summed E-state index contributed by atoms with van der Waals surface area (Å²) in [4.78, 5) is 30.9. The van der Waals surface area contributed by atoms with Crippen LogP contribution in [0.4, 0.5) is 9.18 Å². The zero-order valence-corrected chi connectivity index (χ0v) is 28.9. The van der Waals surface area contributed by atoms with E-state index in [4.69, 9.17) is 19.6 Å². The highest BCUT2D eigenvalue weighted by Gasteiger charge is 2.29. The Balaban J connectivity index is 1.54. The number of nitrogens with one attached hydrogen (secondary N) is 1. The summed E-state index contributed by atoms with van der Waals surface area (Å²) < 4.78 is 29.4. The molecule has 9 nitrogen and oxygen atoms in total. The molecule has 1 N–H and O–H groups in total. The second-order valence-electron chi connectivity index (χ2n) is 13.3. The maximum Gasteiger partial charge on any atom is 0.410 e. The van der Waals surface area contributed by atoms with Crippen molar-refractivity contribution < 1.29 is 23.5 Å². The third-order valence-corrected chi connectivity index (χ3v) is 9.05. The van der Waals surface area contributed by atoms with Crippen molar-refractivity contribution in [2.24, 2.45) is 0 Å². The lowest BCUT2D eigenvalue weighted by Crippen LogP contribution is -2.41. The third-order valence-electron chi connectivity index (χ3n) is 8.12. The molecule has 4 heterocycles. The van der Waals surface area contributed by atoms with Gasteiger partial charge in [0.1, 0.15) is 28.6 Å². The Morgan fingerprint density at radius 2 is 1.92 bits per heavy atom. The largest absolute Gasteiger partial charge is 0.490 e. The Kier molecular flexibility index (Phi) is 9.24. The van der Waals surface area contributed by atoms with Gasteiger partial charge in [-0.25, -0.2) is 14.2 Å². The first kappa shape index (κ1) is 33.1. The van der Waals surface area contributed by atoms with Crippen molar-refractivity contribution in [1.82, 2.24) is 25.0 Å². The minimum atomic E-state index is -0.600. The Morgan fingerprint density at radius 1 is 1.10 bits per heavy atom. The summed E-state index contributed by atoms with van der Waals surface area (Å²) in [5.41, 5.74) is 7.04. The summed E-state index contributed by atoms with van der Waals surface area (Å²) in [5, 5.41) is 10.8. The van der Waals surface area contributed by atoms with Gasteiger partial charge in [-0.1, -0.05) is 12.1 Å². The number of aromatic nitrogens is 3. The van der Waals surface area contributed by atoms with Crippen molar-refractivity contribution >= 4 is 33.9 Å². The molecule has 2 amide bonds. The zero-order chi connectivity index (χ0) is 34.2. The van der Waals surface area contributed by atoms with Crippen molar-refractivity contribution in [3.8, 4) is 39.5 Å². The van der Waals surface area contributed by atoms with Crippen LogP contribution in [0.3, 0.4) is 0 Å². The molecule has 48 heavy (non-hydrogen) atoms. The first-order valence-corrected chi connectivity index (χ1v) is 17.0.